The molecule has 3 rings (SSSR count). The van der Waals surface area contributed by atoms with E-state index in [0.717, 1.165) is 11.5 Å². The van der Waals surface area contributed by atoms with Crippen molar-refractivity contribution in [3.8, 4) is 0 Å². The molecule has 0 fully saturated rings. The minimum atomic E-state index is -5.33. The first kappa shape index (κ1) is 18.4. The number of pyridine rings is 1. The Kier molecular flexibility index (Phi) is 4.13. The minimum Gasteiger partial charge on any atom is -0.331 e. The number of aromatic nitrogens is 3. The lowest BCUT2D eigenvalue weighted by Gasteiger charge is -2.29. The van der Waals surface area contributed by atoms with Crippen molar-refractivity contribution in [1.29, 1.82) is 0 Å². The number of carbonyl (C=O) groups excluding carboxylic acids is 2. The quantitative estimate of drug-likeness (QED) is 0.678. The molecule has 0 radical (unpaired) electrons. The standard InChI is InChI=1S/C15H12F3N5O4/c1-7(24)22-14(15(16,17)18)9-10(20-12(14)26)23(13(27)21-11(9)25)6-8-2-4-19-5-3-8/h2-5H,6H2,1H3,(H,20,26)(H,22,24)(H,21,25,27)/t14-/m1/s1. The van der Waals surface area contributed by atoms with Crippen molar-refractivity contribution >= 4 is 17.6 Å². The van der Waals surface area contributed by atoms with Gasteiger partial charge in [-0.25, -0.2) is 4.79 Å². The van der Waals surface area contributed by atoms with Gasteiger partial charge >= 0.3 is 11.9 Å². The SMILES string of the molecule is CC(=O)N[C@@]1(C(F)(F)F)C(=O)Nc2c1c(=O)[nH]c(=O)n2Cc1ccncc1. The predicted octanol–water partition coefficient (Wildman–Crippen LogP) is -0.174. The monoisotopic (exact) mass is 383 g/mol. The summed E-state index contributed by atoms with van der Waals surface area (Å²) in [6.07, 6.45) is -2.52. The summed E-state index contributed by atoms with van der Waals surface area (Å²) in [5, 5.41) is 3.46. The van der Waals surface area contributed by atoms with Crippen LogP contribution >= 0.6 is 0 Å². The summed E-state index contributed by atoms with van der Waals surface area (Å²) < 4.78 is 42.2. The lowest BCUT2D eigenvalue weighted by molar-refractivity contribution is -0.200. The van der Waals surface area contributed by atoms with Gasteiger partial charge in [-0.1, -0.05) is 0 Å². The molecule has 0 aliphatic carbocycles. The zero-order valence-electron chi connectivity index (χ0n) is 13.7. The number of fused-ring (bicyclic) bond motifs is 1. The molecule has 0 saturated heterocycles. The van der Waals surface area contributed by atoms with Gasteiger partial charge in [-0.3, -0.25) is 28.9 Å². The number of H-pyrrole nitrogens is 1. The number of rotatable bonds is 3. The molecule has 0 unspecified atom stereocenters. The molecule has 3 N–H and O–H groups in total. The Morgan fingerprint density at radius 3 is 2.44 bits per heavy atom. The molecule has 0 spiro atoms. The first-order valence-corrected chi connectivity index (χ1v) is 7.51. The summed E-state index contributed by atoms with van der Waals surface area (Å²) in [5.74, 6) is -3.49. The van der Waals surface area contributed by atoms with Crippen LogP contribution in [0.2, 0.25) is 0 Å². The van der Waals surface area contributed by atoms with E-state index < -0.39 is 46.2 Å². The Morgan fingerprint density at radius 2 is 1.89 bits per heavy atom. The van der Waals surface area contributed by atoms with E-state index in [1.165, 1.54) is 29.8 Å². The maximum atomic E-state index is 13.8. The maximum absolute atomic E-state index is 13.8. The van der Waals surface area contributed by atoms with Gasteiger partial charge in [-0.15, -0.1) is 0 Å². The van der Waals surface area contributed by atoms with E-state index in [1.54, 1.807) is 4.98 Å². The van der Waals surface area contributed by atoms with Gasteiger partial charge in [0, 0.05) is 19.3 Å². The van der Waals surface area contributed by atoms with Gasteiger partial charge in [0.25, 0.3) is 11.5 Å². The van der Waals surface area contributed by atoms with E-state index in [-0.39, 0.29) is 6.54 Å². The number of halogens is 3. The van der Waals surface area contributed by atoms with Crippen LogP contribution in [0.5, 0.6) is 0 Å². The second kappa shape index (κ2) is 6.07. The van der Waals surface area contributed by atoms with E-state index in [1.807, 2.05) is 5.32 Å². The molecule has 142 valence electrons. The average molecular weight is 383 g/mol. The number of hydrogen-bond acceptors (Lipinski definition) is 5. The van der Waals surface area contributed by atoms with Gasteiger partial charge in [0.1, 0.15) is 11.4 Å². The lowest BCUT2D eigenvalue weighted by atomic mass is 9.92. The Bertz CT molecular complexity index is 1040. The highest BCUT2D eigenvalue weighted by molar-refractivity contribution is 6.07. The number of aromatic amines is 1. The van der Waals surface area contributed by atoms with Gasteiger partial charge in [0.2, 0.25) is 11.4 Å². The van der Waals surface area contributed by atoms with E-state index in [2.05, 4.69) is 4.98 Å². The van der Waals surface area contributed by atoms with Crippen LogP contribution in [-0.4, -0.2) is 32.5 Å². The Balaban J connectivity index is 2.30. The molecule has 2 aromatic rings. The highest BCUT2D eigenvalue weighted by Crippen LogP contribution is 2.44. The van der Waals surface area contributed by atoms with Crippen molar-refractivity contribution in [2.24, 2.45) is 0 Å². The highest BCUT2D eigenvalue weighted by Gasteiger charge is 2.68. The van der Waals surface area contributed by atoms with Gasteiger partial charge in [-0.2, -0.15) is 13.2 Å². The van der Waals surface area contributed by atoms with Crippen LogP contribution in [0.15, 0.2) is 34.1 Å². The molecule has 9 nitrogen and oxygen atoms in total. The van der Waals surface area contributed by atoms with Crippen molar-refractivity contribution in [3.05, 3.63) is 56.5 Å². The summed E-state index contributed by atoms with van der Waals surface area (Å²) >= 11 is 0. The second-order valence-electron chi connectivity index (χ2n) is 5.81. The zero-order chi connectivity index (χ0) is 20.0. The highest BCUT2D eigenvalue weighted by atomic mass is 19.4. The van der Waals surface area contributed by atoms with E-state index in [4.69, 9.17) is 0 Å². The normalized spacial score (nSPS) is 18.7. The Morgan fingerprint density at radius 1 is 1.26 bits per heavy atom. The third-order valence-electron chi connectivity index (χ3n) is 4.03. The van der Waals surface area contributed by atoms with Gasteiger partial charge in [0.15, 0.2) is 0 Å². The summed E-state index contributed by atoms with van der Waals surface area (Å²) in [5.41, 5.74) is -6.65. The first-order chi connectivity index (χ1) is 12.6. The summed E-state index contributed by atoms with van der Waals surface area (Å²) in [7, 11) is 0. The number of anilines is 1. The van der Waals surface area contributed by atoms with Crippen LogP contribution in [0.25, 0.3) is 0 Å². The second-order valence-corrected chi connectivity index (χ2v) is 5.81. The lowest BCUT2D eigenvalue weighted by Crippen LogP contribution is -2.61. The molecule has 2 aromatic heterocycles. The first-order valence-electron chi connectivity index (χ1n) is 7.51. The van der Waals surface area contributed by atoms with Crippen LogP contribution in [-0.2, 0) is 21.7 Å². The smallest absolute Gasteiger partial charge is 0.331 e. The fourth-order valence-electron chi connectivity index (χ4n) is 2.91. The fraction of sp³-hybridized carbons (Fsp3) is 0.267. The van der Waals surface area contributed by atoms with Crippen LogP contribution in [0.1, 0.15) is 18.1 Å². The molecule has 1 atom stereocenters. The topological polar surface area (TPSA) is 126 Å². The maximum Gasteiger partial charge on any atom is 0.425 e. The number of nitrogens with one attached hydrogen (secondary N) is 3. The van der Waals surface area contributed by atoms with Crippen molar-refractivity contribution in [2.75, 3.05) is 5.32 Å². The molecular weight excluding hydrogens is 371 g/mol. The summed E-state index contributed by atoms with van der Waals surface area (Å²) in [6.45, 7) is 0.536. The van der Waals surface area contributed by atoms with Crippen molar-refractivity contribution < 1.29 is 22.8 Å². The summed E-state index contributed by atoms with van der Waals surface area (Å²) in [6, 6.07) is 3.01. The number of nitrogens with zero attached hydrogens (tertiary/aromatic N) is 2. The molecule has 27 heavy (non-hydrogen) atoms. The number of amides is 2. The molecule has 0 aromatic carbocycles. The number of hydrogen-bond donors (Lipinski definition) is 3. The van der Waals surface area contributed by atoms with Crippen molar-refractivity contribution in [2.45, 2.75) is 25.2 Å². The van der Waals surface area contributed by atoms with Gasteiger partial charge < -0.3 is 10.6 Å². The molecule has 3 heterocycles. The van der Waals surface area contributed by atoms with Gasteiger partial charge in [0.05, 0.1) is 6.54 Å². The van der Waals surface area contributed by atoms with E-state index in [9.17, 15) is 32.3 Å². The van der Waals surface area contributed by atoms with E-state index in [0.29, 0.717) is 5.56 Å². The van der Waals surface area contributed by atoms with Crippen LogP contribution in [0.4, 0.5) is 19.0 Å². The van der Waals surface area contributed by atoms with Crippen molar-refractivity contribution in [3.63, 3.8) is 0 Å². The molecule has 1 aliphatic heterocycles. The fourth-order valence-corrected chi connectivity index (χ4v) is 2.91. The minimum absolute atomic E-state index is 0.241. The van der Waals surface area contributed by atoms with Crippen LogP contribution < -0.4 is 21.9 Å². The molecule has 2 amide bonds. The predicted molar refractivity (Wildman–Crippen MR) is 84.8 cm³/mol. The third kappa shape index (κ3) is 2.78. The molecule has 0 saturated carbocycles. The zero-order valence-corrected chi connectivity index (χ0v) is 13.7. The van der Waals surface area contributed by atoms with E-state index >= 15 is 0 Å². The third-order valence-corrected chi connectivity index (χ3v) is 4.03. The van der Waals surface area contributed by atoms with Crippen molar-refractivity contribution in [1.82, 2.24) is 19.9 Å². The largest absolute Gasteiger partial charge is 0.425 e. The molecule has 12 heteroatoms. The molecular formula is C15H12F3N5O4. The van der Waals surface area contributed by atoms with Crippen LogP contribution in [0, 0.1) is 0 Å². The average Bonchev–Trinajstić information content (AvgIpc) is 2.85. The Hall–Kier alpha value is -3.44. The number of carbonyl (C=O) groups is 2. The molecule has 1 aliphatic rings. The van der Waals surface area contributed by atoms with Gasteiger partial charge in [-0.05, 0) is 17.7 Å². The summed E-state index contributed by atoms with van der Waals surface area (Å²) in [4.78, 5) is 53.6. The number of alkyl halides is 3. The van der Waals surface area contributed by atoms with Crippen LogP contribution in [0.3, 0.4) is 0 Å². The molecule has 0 bridgehead atoms. The Labute approximate surface area is 148 Å².